The largest absolute Gasteiger partial charge is 0.343 e. The Labute approximate surface area is 135 Å². The van der Waals surface area contributed by atoms with Crippen molar-refractivity contribution in [2.75, 3.05) is 26.2 Å². The second kappa shape index (κ2) is 8.94. The zero-order valence-corrected chi connectivity index (χ0v) is 14.1. The molecule has 1 heterocycles. The highest BCUT2D eigenvalue weighted by atomic mass is 16.2. The van der Waals surface area contributed by atoms with E-state index in [0.717, 1.165) is 32.6 Å². The summed E-state index contributed by atoms with van der Waals surface area (Å²) in [4.78, 5) is 14.6. The highest BCUT2D eigenvalue weighted by Gasteiger charge is 2.23. The monoisotopic (exact) mass is 302 g/mol. The standard InChI is InChI=1S/C19H30N2O/c1-3-21(13-11-17-8-5-4-6-9-17)19(22)14-16(2)18-10-7-12-20-15-18/h4-6,8-9,16,18,20H,3,7,10-15H2,1-2H3. The van der Waals surface area contributed by atoms with E-state index in [1.165, 1.54) is 18.4 Å². The summed E-state index contributed by atoms with van der Waals surface area (Å²) in [6, 6.07) is 10.4. The van der Waals surface area contributed by atoms with Gasteiger partial charge in [0.1, 0.15) is 0 Å². The number of carbonyl (C=O) groups excluding carboxylic acids is 1. The summed E-state index contributed by atoms with van der Waals surface area (Å²) in [5, 5.41) is 3.45. The molecular weight excluding hydrogens is 272 g/mol. The molecule has 0 aromatic heterocycles. The minimum Gasteiger partial charge on any atom is -0.343 e. The number of nitrogens with one attached hydrogen (secondary N) is 1. The Morgan fingerprint density at radius 1 is 1.36 bits per heavy atom. The fourth-order valence-corrected chi connectivity index (χ4v) is 3.30. The zero-order valence-electron chi connectivity index (χ0n) is 14.1. The minimum atomic E-state index is 0.316. The molecule has 3 nitrogen and oxygen atoms in total. The molecule has 1 fully saturated rings. The summed E-state index contributed by atoms with van der Waals surface area (Å²) >= 11 is 0. The Morgan fingerprint density at radius 2 is 2.14 bits per heavy atom. The Kier molecular flexibility index (Phi) is 6.91. The van der Waals surface area contributed by atoms with Gasteiger partial charge in [-0.3, -0.25) is 4.79 Å². The first-order valence-corrected chi connectivity index (χ1v) is 8.73. The molecule has 22 heavy (non-hydrogen) atoms. The van der Waals surface area contributed by atoms with Gasteiger partial charge in [-0.15, -0.1) is 0 Å². The molecule has 3 heteroatoms. The van der Waals surface area contributed by atoms with Gasteiger partial charge in [0.05, 0.1) is 0 Å². The average molecular weight is 302 g/mol. The van der Waals surface area contributed by atoms with Crippen LogP contribution in [0.5, 0.6) is 0 Å². The quantitative estimate of drug-likeness (QED) is 0.839. The van der Waals surface area contributed by atoms with Gasteiger partial charge in [-0.2, -0.15) is 0 Å². The first kappa shape index (κ1) is 17.0. The summed E-state index contributed by atoms with van der Waals surface area (Å²) in [5.41, 5.74) is 1.30. The third kappa shape index (κ3) is 5.13. The van der Waals surface area contributed by atoms with Crippen molar-refractivity contribution in [1.29, 1.82) is 0 Å². The van der Waals surface area contributed by atoms with Crippen molar-refractivity contribution in [3.63, 3.8) is 0 Å². The van der Waals surface area contributed by atoms with Gasteiger partial charge in [0.2, 0.25) is 5.91 Å². The van der Waals surface area contributed by atoms with Crippen molar-refractivity contribution in [1.82, 2.24) is 10.2 Å². The molecule has 1 aliphatic rings. The first-order chi connectivity index (χ1) is 10.7. The Hall–Kier alpha value is -1.35. The number of piperidine rings is 1. The van der Waals surface area contributed by atoms with Gasteiger partial charge in [0.15, 0.2) is 0 Å². The van der Waals surface area contributed by atoms with E-state index < -0.39 is 0 Å². The lowest BCUT2D eigenvalue weighted by molar-refractivity contribution is -0.132. The van der Waals surface area contributed by atoms with Crippen LogP contribution in [0.3, 0.4) is 0 Å². The number of benzene rings is 1. The van der Waals surface area contributed by atoms with Gasteiger partial charge in [-0.05, 0) is 56.7 Å². The minimum absolute atomic E-state index is 0.316. The van der Waals surface area contributed by atoms with Crippen LogP contribution < -0.4 is 5.32 Å². The summed E-state index contributed by atoms with van der Waals surface area (Å²) in [5.74, 6) is 1.45. The highest BCUT2D eigenvalue weighted by Crippen LogP contribution is 2.23. The molecule has 0 saturated carbocycles. The fourth-order valence-electron chi connectivity index (χ4n) is 3.30. The molecule has 1 amide bonds. The van der Waals surface area contributed by atoms with Crippen molar-refractivity contribution in [3.05, 3.63) is 35.9 Å². The molecule has 1 aromatic rings. The predicted octanol–water partition coefficient (Wildman–Crippen LogP) is 3.10. The number of likely N-dealkylation sites (N-methyl/N-ethyl adjacent to an activating group) is 1. The van der Waals surface area contributed by atoms with Gasteiger partial charge in [0, 0.05) is 19.5 Å². The van der Waals surface area contributed by atoms with Gasteiger partial charge < -0.3 is 10.2 Å². The molecule has 122 valence electrons. The number of hydrogen-bond donors (Lipinski definition) is 1. The topological polar surface area (TPSA) is 32.3 Å². The van der Waals surface area contributed by atoms with Crippen molar-refractivity contribution in [3.8, 4) is 0 Å². The summed E-state index contributed by atoms with van der Waals surface area (Å²) in [7, 11) is 0. The van der Waals surface area contributed by atoms with E-state index in [2.05, 4.69) is 43.4 Å². The second-order valence-electron chi connectivity index (χ2n) is 6.50. The van der Waals surface area contributed by atoms with Gasteiger partial charge in [-0.25, -0.2) is 0 Å². The molecule has 1 aromatic carbocycles. The molecule has 0 radical (unpaired) electrons. The van der Waals surface area contributed by atoms with Crippen LogP contribution in [-0.4, -0.2) is 37.0 Å². The lowest BCUT2D eigenvalue weighted by Gasteiger charge is -2.30. The van der Waals surface area contributed by atoms with Crippen LogP contribution in [0, 0.1) is 11.8 Å². The van der Waals surface area contributed by atoms with Gasteiger partial charge in [-0.1, -0.05) is 37.3 Å². The first-order valence-electron chi connectivity index (χ1n) is 8.73. The van der Waals surface area contributed by atoms with E-state index in [1.807, 2.05) is 11.0 Å². The SMILES string of the molecule is CCN(CCc1ccccc1)C(=O)CC(C)C1CCCNC1. The van der Waals surface area contributed by atoms with Gasteiger partial charge in [0.25, 0.3) is 0 Å². The van der Waals surface area contributed by atoms with Crippen molar-refractivity contribution >= 4 is 5.91 Å². The molecular formula is C19H30N2O. The molecule has 0 spiro atoms. The number of amides is 1. The third-order valence-electron chi connectivity index (χ3n) is 4.88. The van der Waals surface area contributed by atoms with Crippen LogP contribution in [0.4, 0.5) is 0 Å². The zero-order chi connectivity index (χ0) is 15.8. The van der Waals surface area contributed by atoms with E-state index in [9.17, 15) is 4.79 Å². The molecule has 0 aliphatic carbocycles. The fraction of sp³-hybridized carbons (Fsp3) is 0.632. The Balaban J connectivity index is 1.80. The van der Waals surface area contributed by atoms with Gasteiger partial charge >= 0.3 is 0 Å². The van der Waals surface area contributed by atoms with Crippen LogP contribution >= 0.6 is 0 Å². The van der Waals surface area contributed by atoms with E-state index >= 15 is 0 Å². The third-order valence-corrected chi connectivity index (χ3v) is 4.88. The lowest BCUT2D eigenvalue weighted by atomic mass is 9.85. The van der Waals surface area contributed by atoms with Crippen LogP contribution in [0.1, 0.15) is 38.7 Å². The van der Waals surface area contributed by atoms with Crippen LogP contribution in [0.25, 0.3) is 0 Å². The molecule has 0 bridgehead atoms. The molecule has 1 saturated heterocycles. The smallest absolute Gasteiger partial charge is 0.222 e. The van der Waals surface area contributed by atoms with E-state index in [4.69, 9.17) is 0 Å². The predicted molar refractivity (Wildman–Crippen MR) is 91.8 cm³/mol. The number of rotatable bonds is 7. The maximum absolute atomic E-state index is 12.6. The Bertz CT molecular complexity index is 440. The molecule has 2 unspecified atom stereocenters. The number of nitrogens with zero attached hydrogens (tertiary/aromatic N) is 1. The van der Waals surface area contributed by atoms with Crippen molar-refractivity contribution in [2.24, 2.45) is 11.8 Å². The number of hydrogen-bond acceptors (Lipinski definition) is 2. The van der Waals surface area contributed by atoms with Crippen molar-refractivity contribution < 1.29 is 4.79 Å². The number of carbonyl (C=O) groups is 1. The molecule has 2 atom stereocenters. The maximum Gasteiger partial charge on any atom is 0.222 e. The van der Waals surface area contributed by atoms with E-state index in [1.54, 1.807) is 0 Å². The molecule has 2 rings (SSSR count). The summed E-state index contributed by atoms with van der Waals surface area (Å²) in [6.07, 6.45) is 4.14. The van der Waals surface area contributed by atoms with E-state index in [-0.39, 0.29) is 0 Å². The van der Waals surface area contributed by atoms with Crippen LogP contribution in [-0.2, 0) is 11.2 Å². The van der Waals surface area contributed by atoms with E-state index in [0.29, 0.717) is 24.2 Å². The normalized spacial score (nSPS) is 19.6. The average Bonchev–Trinajstić information content (AvgIpc) is 2.57. The maximum atomic E-state index is 12.6. The van der Waals surface area contributed by atoms with Crippen molar-refractivity contribution in [2.45, 2.75) is 39.5 Å². The molecule has 1 N–H and O–H groups in total. The summed E-state index contributed by atoms with van der Waals surface area (Å²) < 4.78 is 0. The van der Waals surface area contributed by atoms with Crippen LogP contribution in [0.15, 0.2) is 30.3 Å². The van der Waals surface area contributed by atoms with Crippen LogP contribution in [0.2, 0.25) is 0 Å². The lowest BCUT2D eigenvalue weighted by Crippen LogP contribution is -2.37. The second-order valence-corrected chi connectivity index (χ2v) is 6.50. The molecule has 1 aliphatic heterocycles. The summed E-state index contributed by atoms with van der Waals surface area (Å²) in [6.45, 7) is 8.16. The highest BCUT2D eigenvalue weighted by molar-refractivity contribution is 5.76. The Morgan fingerprint density at radius 3 is 2.77 bits per heavy atom.